The van der Waals surface area contributed by atoms with Crippen LogP contribution in [0.15, 0.2) is 271 Å². The van der Waals surface area contributed by atoms with Crippen LogP contribution in [0.4, 0.5) is 34.1 Å². The van der Waals surface area contributed by atoms with Gasteiger partial charge in [-0.3, -0.25) is 0 Å². The van der Waals surface area contributed by atoms with Crippen LogP contribution in [0.1, 0.15) is 178 Å². The van der Waals surface area contributed by atoms with Gasteiger partial charge in [0, 0.05) is 44.7 Å². The highest BCUT2D eigenvalue weighted by molar-refractivity contribution is 7.10. The molecule has 0 fully saturated rings. The number of benzene rings is 12. The van der Waals surface area contributed by atoms with Crippen LogP contribution in [0.5, 0.6) is 0 Å². The van der Waals surface area contributed by atoms with Crippen LogP contribution in [0.3, 0.4) is 0 Å². The Bertz CT molecular complexity index is 5230. The molecule has 2 unspecified atom stereocenters. The molecule has 0 radical (unpaired) electrons. The van der Waals surface area contributed by atoms with Crippen LogP contribution in [0.25, 0.3) is 44.2 Å². The summed E-state index contributed by atoms with van der Waals surface area (Å²) in [4.78, 5) is 5.08. The third kappa shape index (κ3) is 10.7. The number of fused-ring (bicyclic) bond motifs is 11. The molecule has 100 heavy (non-hydrogen) atoms. The molecule has 2 atom stereocenters. The van der Waals surface area contributed by atoms with Crippen LogP contribution in [0, 0.1) is 0 Å². The van der Waals surface area contributed by atoms with Gasteiger partial charge >= 0.3 is 0 Å². The van der Waals surface area contributed by atoms with Gasteiger partial charge in [-0.15, -0.1) is 0 Å². The number of anilines is 6. The molecule has 1 heterocycles. The Morgan fingerprint density at radius 3 is 1.24 bits per heavy atom. The van der Waals surface area contributed by atoms with E-state index in [1.165, 1.54) is 93.4 Å². The number of para-hydroxylation sites is 3. The Hall–Kier alpha value is -9.74. The predicted octanol–water partition coefficient (Wildman–Crippen LogP) is 24.6. The summed E-state index contributed by atoms with van der Waals surface area (Å²) in [5, 5.41) is 6.30. The van der Waals surface area contributed by atoms with Gasteiger partial charge in [-0.25, -0.2) is 0 Å². The molecule has 0 spiro atoms. The molecule has 0 saturated carbocycles. The molecule has 2 aliphatic carbocycles. The number of rotatable bonds is 12. The van der Waals surface area contributed by atoms with Crippen molar-refractivity contribution in [1.82, 2.24) is 0 Å². The number of nitrogens with zero attached hydrogens (tertiary/aromatic N) is 2. The summed E-state index contributed by atoms with van der Waals surface area (Å²) in [6.07, 6.45) is 0. The first kappa shape index (κ1) is 66.2. The smallest absolute Gasteiger partial charge is 0.145 e. The minimum absolute atomic E-state index is 0.0140. The van der Waals surface area contributed by atoms with Gasteiger partial charge in [-0.05, 0) is 182 Å². The van der Waals surface area contributed by atoms with Crippen molar-refractivity contribution in [3.63, 3.8) is 0 Å². The molecule has 13 aromatic rings. The molecule has 1 aromatic heterocycles. The summed E-state index contributed by atoms with van der Waals surface area (Å²) >= 11 is 0. The number of hydrogen-bond donors (Lipinski definition) is 0. The lowest BCUT2D eigenvalue weighted by Gasteiger charge is -2.38. The predicted molar refractivity (Wildman–Crippen MR) is 430 cm³/mol. The zero-order valence-corrected chi connectivity index (χ0v) is 62.8. The maximum Gasteiger partial charge on any atom is 0.145 e. The van der Waals surface area contributed by atoms with E-state index in [-0.39, 0.29) is 21.7 Å². The fraction of sp³-hybridized carbons (Fsp3) is 0.250. The second kappa shape index (κ2) is 24.0. The molecule has 0 N–H and O–H groups in total. The van der Waals surface area contributed by atoms with E-state index in [9.17, 15) is 0 Å². The first-order valence-corrected chi connectivity index (χ1v) is 38.8. The van der Waals surface area contributed by atoms with Crippen LogP contribution >= 0.6 is 0 Å². The van der Waals surface area contributed by atoms with Crippen molar-refractivity contribution in [3.05, 3.63) is 328 Å². The summed E-state index contributed by atoms with van der Waals surface area (Å²) in [6.45, 7) is 39.9. The lowest BCUT2D eigenvalue weighted by Crippen LogP contribution is -2.64. The van der Waals surface area contributed by atoms with E-state index in [1.54, 1.807) is 0 Å². The van der Waals surface area contributed by atoms with E-state index in [0.29, 0.717) is 5.92 Å². The first-order chi connectivity index (χ1) is 47.6. The second-order valence-electron chi connectivity index (χ2n) is 33.7. The van der Waals surface area contributed by atoms with Crippen LogP contribution in [0.2, 0.25) is 6.55 Å². The quantitative estimate of drug-likeness (QED) is 0.0898. The monoisotopic (exact) mass is 1320 g/mol. The summed E-state index contributed by atoms with van der Waals surface area (Å²) in [5.74, 6) is 0.420. The Kier molecular flexibility index (Phi) is 15.9. The molecule has 0 amide bonds. The van der Waals surface area contributed by atoms with Crippen LogP contribution in [-0.2, 0) is 32.5 Å². The van der Waals surface area contributed by atoms with E-state index in [0.717, 1.165) is 61.6 Å². The number of hydrogen-bond acceptors (Lipinski definition) is 3. The van der Waals surface area contributed by atoms with Gasteiger partial charge in [0.25, 0.3) is 0 Å². The average Bonchev–Trinajstić information content (AvgIpc) is 1.49. The Labute approximate surface area is 596 Å². The van der Waals surface area contributed by atoms with Gasteiger partial charge in [0.15, 0.2) is 0 Å². The van der Waals surface area contributed by atoms with Crippen molar-refractivity contribution in [2.45, 2.75) is 156 Å². The molecule has 2 aliphatic rings. The molecule has 4 heteroatoms. The summed E-state index contributed by atoms with van der Waals surface area (Å²) in [5.41, 5.74) is 25.4. The van der Waals surface area contributed by atoms with Crippen LogP contribution in [-0.4, -0.2) is 8.07 Å². The molecular formula is C96H96N2OSi. The third-order valence-corrected chi connectivity index (χ3v) is 27.0. The molecule has 500 valence electrons. The molecule has 0 aliphatic heterocycles. The van der Waals surface area contributed by atoms with Gasteiger partial charge in [0.1, 0.15) is 19.2 Å². The van der Waals surface area contributed by atoms with Gasteiger partial charge in [-0.2, -0.15) is 0 Å². The Balaban J connectivity index is 1.13. The first-order valence-electron chi connectivity index (χ1n) is 36.3. The highest BCUT2D eigenvalue weighted by atomic mass is 28.3. The Morgan fingerprint density at radius 2 is 0.750 bits per heavy atom. The molecule has 15 rings (SSSR count). The van der Waals surface area contributed by atoms with E-state index in [1.807, 2.05) is 0 Å². The van der Waals surface area contributed by atoms with Gasteiger partial charge in [0.2, 0.25) is 0 Å². The molecule has 0 bridgehead atoms. The van der Waals surface area contributed by atoms with Gasteiger partial charge in [-0.1, -0.05) is 318 Å². The van der Waals surface area contributed by atoms with Crippen molar-refractivity contribution < 1.29 is 4.42 Å². The summed E-state index contributed by atoms with van der Waals surface area (Å²) in [7, 11) is -2.74. The average molecular weight is 1320 g/mol. The minimum atomic E-state index is -2.74. The minimum Gasteiger partial charge on any atom is -0.455 e. The second-order valence-corrected chi connectivity index (χ2v) is 37.7. The standard InChI is InChI=1S/C96H96N2OSi/c1-62(2)63-36-54-74(55-37-63)100(17,75-56-46-67(47-57-75)94(12,13)14)76-58-48-69(49-59-76)96(68-40-38-64(39-41-68)91(3,4)5)80-60-82(97(70-28-20-18-21-29-70)72-50-42-65(43-51-72)92(6,7)8)85-77-32-24-26-34-79(77)95(15,16)89(85)87(80)88-81(96)61-83(86-78-33-25-27-35-84(78)99-90(86)88)98(71-30-22-19-23-31-71)73-52-44-66(45-53-73)93(9,10)11/h18-62H,1-17H3. The van der Waals surface area contributed by atoms with Crippen LogP contribution < -0.4 is 25.4 Å². The summed E-state index contributed by atoms with van der Waals surface area (Å²) < 4.78 is 7.85. The maximum absolute atomic E-state index is 7.85. The molecule has 12 aromatic carbocycles. The van der Waals surface area contributed by atoms with Crippen molar-refractivity contribution in [1.29, 1.82) is 0 Å². The van der Waals surface area contributed by atoms with E-state index in [2.05, 4.69) is 394 Å². The van der Waals surface area contributed by atoms with Crippen molar-refractivity contribution in [3.8, 4) is 22.3 Å². The lowest BCUT2D eigenvalue weighted by atomic mass is 9.66. The largest absolute Gasteiger partial charge is 0.455 e. The third-order valence-electron chi connectivity index (χ3n) is 22.5. The molecular weight excluding hydrogens is 1230 g/mol. The van der Waals surface area contributed by atoms with E-state index in [4.69, 9.17) is 4.42 Å². The van der Waals surface area contributed by atoms with Gasteiger partial charge in [0.05, 0.1) is 22.2 Å². The molecule has 3 nitrogen and oxygen atoms in total. The maximum atomic E-state index is 7.85. The van der Waals surface area contributed by atoms with Crippen molar-refractivity contribution >= 4 is 79.7 Å². The number of furan rings is 1. The fourth-order valence-electron chi connectivity index (χ4n) is 16.7. The lowest BCUT2D eigenvalue weighted by molar-refractivity contribution is 0.589. The Morgan fingerprint density at radius 1 is 0.370 bits per heavy atom. The van der Waals surface area contributed by atoms with E-state index < -0.39 is 18.9 Å². The zero-order valence-electron chi connectivity index (χ0n) is 61.8. The molecule has 0 saturated heterocycles. The highest BCUT2D eigenvalue weighted by Crippen LogP contribution is 2.68. The van der Waals surface area contributed by atoms with E-state index >= 15 is 0 Å². The normalized spacial score (nSPS) is 15.5. The fourth-order valence-corrected chi connectivity index (χ4v) is 20.2. The topological polar surface area (TPSA) is 19.6 Å². The highest BCUT2D eigenvalue weighted by Gasteiger charge is 2.54. The SMILES string of the molecule is CC(C)c1ccc([Si](C)(c2ccc(C(C)(C)C)cc2)c2ccc(C3(c4ccc(C(C)(C)C)cc4)c4cc(N(c5ccccc5)c5ccc(C(C)(C)C)cc5)c5c(c4-c4c3cc(N(c3ccccc3)c3ccc(C(C)(C)C)cc3)c3c4oc4ccccc43)C(C)(C)c3ccccc3-5)cc2)cc1. The van der Waals surface area contributed by atoms with Crippen molar-refractivity contribution in [2.24, 2.45) is 0 Å². The van der Waals surface area contributed by atoms with Gasteiger partial charge < -0.3 is 14.2 Å². The van der Waals surface area contributed by atoms with Crippen molar-refractivity contribution in [2.75, 3.05) is 9.80 Å². The summed E-state index contributed by atoms with van der Waals surface area (Å²) in [6, 6.07) is 103. The zero-order chi connectivity index (χ0) is 70.2.